The number of carbonyl (C=O) groups excluding carboxylic acids is 2. The summed E-state index contributed by atoms with van der Waals surface area (Å²) in [6.45, 7) is 4.10. The molecule has 0 aliphatic carbocycles. The summed E-state index contributed by atoms with van der Waals surface area (Å²) in [5.41, 5.74) is 1.59. The van der Waals surface area contributed by atoms with E-state index in [2.05, 4.69) is 5.32 Å². The van der Waals surface area contributed by atoms with Gasteiger partial charge in [0.2, 0.25) is 5.91 Å². The van der Waals surface area contributed by atoms with Gasteiger partial charge in [0.25, 0.3) is 5.91 Å². The van der Waals surface area contributed by atoms with E-state index in [0.717, 1.165) is 5.56 Å². The number of carbonyl (C=O) groups is 2. The highest BCUT2D eigenvalue weighted by Gasteiger charge is 2.31. The van der Waals surface area contributed by atoms with Gasteiger partial charge < -0.3 is 15.0 Å². The second-order valence-electron chi connectivity index (χ2n) is 8.83. The molecule has 3 aromatic rings. The molecule has 5 nitrogen and oxygen atoms in total. The third-order valence-corrected chi connectivity index (χ3v) is 6.22. The molecule has 8 heteroatoms. The van der Waals surface area contributed by atoms with Crippen molar-refractivity contribution >= 4 is 35.0 Å². The van der Waals surface area contributed by atoms with Crippen LogP contribution in [0.3, 0.4) is 0 Å². The number of nitrogens with one attached hydrogen (secondary N) is 1. The van der Waals surface area contributed by atoms with Crippen LogP contribution >= 0.6 is 23.2 Å². The van der Waals surface area contributed by atoms with Gasteiger partial charge >= 0.3 is 0 Å². The highest BCUT2D eigenvalue weighted by molar-refractivity contribution is 6.42. The number of rotatable bonds is 11. The molecule has 2 amide bonds. The lowest BCUT2D eigenvalue weighted by Gasteiger charge is -2.31. The second kappa shape index (κ2) is 13.3. The molecule has 1 N–H and O–H groups in total. The molecule has 3 rings (SSSR count). The Kier molecular flexibility index (Phi) is 10.1. The van der Waals surface area contributed by atoms with Crippen LogP contribution in [0.4, 0.5) is 4.39 Å². The van der Waals surface area contributed by atoms with Crippen molar-refractivity contribution in [2.45, 2.75) is 32.9 Å². The Morgan fingerprint density at radius 1 is 0.944 bits per heavy atom. The molecule has 3 aromatic carbocycles. The minimum Gasteiger partial charge on any atom is -0.481 e. The summed E-state index contributed by atoms with van der Waals surface area (Å²) in [7, 11) is 0. The van der Waals surface area contributed by atoms with Crippen molar-refractivity contribution in [3.63, 3.8) is 0 Å². The summed E-state index contributed by atoms with van der Waals surface area (Å²) in [6.07, 6.45) is 0.289. The van der Waals surface area contributed by atoms with Gasteiger partial charge in [0, 0.05) is 19.5 Å². The largest absolute Gasteiger partial charge is 0.481 e. The van der Waals surface area contributed by atoms with Crippen molar-refractivity contribution in [3.8, 4) is 5.75 Å². The van der Waals surface area contributed by atoms with Crippen molar-refractivity contribution in [1.82, 2.24) is 10.2 Å². The maximum Gasteiger partial charge on any atom is 0.261 e. The highest BCUT2D eigenvalue weighted by atomic mass is 35.5. The van der Waals surface area contributed by atoms with Gasteiger partial charge in [-0.25, -0.2) is 4.39 Å². The van der Waals surface area contributed by atoms with Gasteiger partial charge in [0.15, 0.2) is 18.2 Å². The monoisotopic (exact) mass is 530 g/mol. The number of hydrogen-bond donors (Lipinski definition) is 1. The lowest BCUT2D eigenvalue weighted by atomic mass is 10.0. The van der Waals surface area contributed by atoms with E-state index in [1.54, 1.807) is 24.3 Å². The third-order valence-electron chi connectivity index (χ3n) is 5.48. The minimum atomic E-state index is -0.836. The van der Waals surface area contributed by atoms with Crippen LogP contribution in [0.5, 0.6) is 5.75 Å². The summed E-state index contributed by atoms with van der Waals surface area (Å²) in [6, 6.07) is 19.5. The summed E-state index contributed by atoms with van der Waals surface area (Å²) in [4.78, 5) is 28.3. The fraction of sp³-hybridized carbons (Fsp3) is 0.286. The highest BCUT2D eigenvalue weighted by Crippen LogP contribution is 2.24. The number of benzene rings is 3. The zero-order valence-electron chi connectivity index (χ0n) is 20.2. The van der Waals surface area contributed by atoms with E-state index in [9.17, 15) is 14.0 Å². The van der Waals surface area contributed by atoms with Crippen molar-refractivity contribution in [1.29, 1.82) is 0 Å². The number of halogens is 3. The second-order valence-corrected chi connectivity index (χ2v) is 9.65. The predicted molar refractivity (Wildman–Crippen MR) is 141 cm³/mol. The summed E-state index contributed by atoms with van der Waals surface area (Å²) >= 11 is 12.3. The fourth-order valence-corrected chi connectivity index (χ4v) is 3.92. The van der Waals surface area contributed by atoms with E-state index in [4.69, 9.17) is 27.9 Å². The topological polar surface area (TPSA) is 58.6 Å². The van der Waals surface area contributed by atoms with Crippen LogP contribution in [0.1, 0.15) is 25.0 Å². The number of nitrogens with zero attached hydrogens (tertiary/aromatic N) is 1. The molecule has 0 radical (unpaired) electrons. The molecule has 0 saturated carbocycles. The lowest BCUT2D eigenvalue weighted by Crippen LogP contribution is -2.52. The summed E-state index contributed by atoms with van der Waals surface area (Å²) < 4.78 is 19.6. The van der Waals surface area contributed by atoms with Crippen LogP contribution in [0, 0.1) is 11.7 Å². The average Bonchev–Trinajstić information content (AvgIpc) is 2.86. The smallest absolute Gasteiger partial charge is 0.261 e. The molecule has 0 aromatic heterocycles. The predicted octanol–water partition coefficient (Wildman–Crippen LogP) is 5.92. The third kappa shape index (κ3) is 7.97. The van der Waals surface area contributed by atoms with E-state index in [0.29, 0.717) is 22.2 Å². The Morgan fingerprint density at radius 3 is 2.31 bits per heavy atom. The molecule has 1 unspecified atom stereocenters. The molecule has 0 bridgehead atoms. The molecule has 0 spiro atoms. The quantitative estimate of drug-likeness (QED) is 0.334. The van der Waals surface area contributed by atoms with Gasteiger partial charge in [-0.15, -0.1) is 0 Å². The first-order valence-corrected chi connectivity index (χ1v) is 12.4. The van der Waals surface area contributed by atoms with Gasteiger partial charge in [-0.05, 0) is 41.3 Å². The summed E-state index contributed by atoms with van der Waals surface area (Å²) in [5.74, 6) is -1.13. The van der Waals surface area contributed by atoms with Crippen molar-refractivity contribution < 1.29 is 18.7 Å². The van der Waals surface area contributed by atoms with Crippen LogP contribution in [0.15, 0.2) is 72.8 Å². The first-order valence-electron chi connectivity index (χ1n) is 11.7. The van der Waals surface area contributed by atoms with E-state index in [1.165, 1.54) is 23.1 Å². The Morgan fingerprint density at radius 2 is 1.64 bits per heavy atom. The molecule has 0 saturated heterocycles. The van der Waals surface area contributed by atoms with Crippen LogP contribution in [0.25, 0.3) is 0 Å². The number of amides is 2. The van der Waals surface area contributed by atoms with E-state index >= 15 is 0 Å². The average molecular weight is 531 g/mol. The van der Waals surface area contributed by atoms with Crippen LogP contribution in [-0.4, -0.2) is 35.9 Å². The van der Waals surface area contributed by atoms with Crippen LogP contribution < -0.4 is 10.1 Å². The molecule has 0 fully saturated rings. The van der Waals surface area contributed by atoms with Crippen LogP contribution in [-0.2, 0) is 22.6 Å². The SMILES string of the molecule is CC(C)CNC(=O)C(Cc1ccccc1)N(Cc1ccc(Cl)c(Cl)c1)C(=O)COc1ccccc1F. The van der Waals surface area contributed by atoms with Gasteiger partial charge in [-0.3, -0.25) is 9.59 Å². The standard InChI is InChI=1S/C28H29Cl2FN2O3/c1-19(2)16-32-28(35)25(15-20-8-4-3-5-9-20)33(17-21-12-13-22(29)23(30)14-21)27(34)18-36-26-11-7-6-10-24(26)31/h3-14,19,25H,15-18H2,1-2H3,(H,32,35). The first kappa shape index (κ1) is 27.5. The van der Waals surface area contributed by atoms with Gasteiger partial charge in [-0.1, -0.05) is 85.6 Å². The molecule has 0 heterocycles. The van der Waals surface area contributed by atoms with Crippen molar-refractivity contribution in [2.75, 3.05) is 13.2 Å². The molecule has 1 atom stereocenters. The van der Waals surface area contributed by atoms with E-state index in [-0.39, 0.29) is 30.5 Å². The Balaban J connectivity index is 1.93. The first-order chi connectivity index (χ1) is 17.2. The van der Waals surface area contributed by atoms with E-state index < -0.39 is 24.4 Å². The Bertz CT molecular complexity index is 1170. The van der Waals surface area contributed by atoms with Gasteiger partial charge in [0.05, 0.1) is 10.0 Å². The molecule has 190 valence electrons. The number of hydrogen-bond acceptors (Lipinski definition) is 3. The van der Waals surface area contributed by atoms with Crippen molar-refractivity contribution in [3.05, 3.63) is 99.8 Å². The molecule has 36 heavy (non-hydrogen) atoms. The Labute approximate surface area is 221 Å². The summed E-state index contributed by atoms with van der Waals surface area (Å²) in [5, 5.41) is 3.67. The lowest BCUT2D eigenvalue weighted by molar-refractivity contribution is -0.142. The molecular formula is C28H29Cl2FN2O3. The number of ether oxygens (including phenoxy) is 1. The van der Waals surface area contributed by atoms with Gasteiger partial charge in [-0.2, -0.15) is 0 Å². The van der Waals surface area contributed by atoms with Crippen molar-refractivity contribution in [2.24, 2.45) is 5.92 Å². The minimum absolute atomic E-state index is 0.0378. The Hall–Kier alpha value is -3.09. The van der Waals surface area contributed by atoms with Gasteiger partial charge in [0.1, 0.15) is 6.04 Å². The zero-order chi connectivity index (χ0) is 26.1. The molecular weight excluding hydrogens is 502 g/mol. The maximum absolute atomic E-state index is 14.1. The zero-order valence-corrected chi connectivity index (χ0v) is 21.7. The van der Waals surface area contributed by atoms with Crippen LogP contribution in [0.2, 0.25) is 10.0 Å². The maximum atomic E-state index is 14.1. The van der Waals surface area contributed by atoms with E-state index in [1.807, 2.05) is 44.2 Å². The molecule has 0 aliphatic rings. The number of para-hydroxylation sites is 1. The fourth-order valence-electron chi connectivity index (χ4n) is 3.60. The normalized spacial score (nSPS) is 11.7. The molecule has 0 aliphatic heterocycles.